The Kier molecular flexibility index (Phi) is 5.87. The molecule has 2 nitrogen and oxygen atoms in total. The SMILES string of the molecule is CC(C)CNCC1CCCCN1Cc1ccccc1. The molecular weight excluding hydrogens is 232 g/mol. The average molecular weight is 260 g/mol. The minimum absolute atomic E-state index is 0.715. The minimum Gasteiger partial charge on any atom is -0.315 e. The Bertz CT molecular complexity index is 348. The number of piperidine rings is 1. The zero-order valence-electron chi connectivity index (χ0n) is 12.4. The van der Waals surface area contributed by atoms with Crippen molar-refractivity contribution in [1.82, 2.24) is 10.2 Å². The van der Waals surface area contributed by atoms with Crippen LogP contribution in [0, 0.1) is 5.92 Å². The summed E-state index contributed by atoms with van der Waals surface area (Å²) in [5.74, 6) is 0.742. The van der Waals surface area contributed by atoms with Gasteiger partial charge in [-0.05, 0) is 37.4 Å². The lowest BCUT2D eigenvalue weighted by atomic mass is 10.0. The molecule has 1 unspecified atom stereocenters. The average Bonchev–Trinajstić information content (AvgIpc) is 2.41. The van der Waals surface area contributed by atoms with E-state index in [9.17, 15) is 0 Å². The molecule has 1 N–H and O–H groups in total. The van der Waals surface area contributed by atoms with E-state index in [1.165, 1.54) is 31.4 Å². The summed E-state index contributed by atoms with van der Waals surface area (Å²) in [6.07, 6.45) is 4.09. The smallest absolute Gasteiger partial charge is 0.0237 e. The number of nitrogens with zero attached hydrogens (tertiary/aromatic N) is 1. The predicted molar refractivity (Wildman–Crippen MR) is 82.2 cm³/mol. The highest BCUT2D eigenvalue weighted by Gasteiger charge is 2.21. The Morgan fingerprint density at radius 2 is 2.00 bits per heavy atom. The van der Waals surface area contributed by atoms with Gasteiger partial charge in [-0.3, -0.25) is 4.90 Å². The zero-order chi connectivity index (χ0) is 13.5. The number of hydrogen-bond donors (Lipinski definition) is 1. The third-order valence-electron chi connectivity index (χ3n) is 3.91. The second-order valence-electron chi connectivity index (χ2n) is 6.16. The zero-order valence-corrected chi connectivity index (χ0v) is 12.4. The molecular formula is C17H28N2. The Labute approximate surface area is 118 Å². The maximum absolute atomic E-state index is 3.63. The molecule has 1 fully saturated rings. The molecule has 0 spiro atoms. The molecule has 0 amide bonds. The molecule has 19 heavy (non-hydrogen) atoms. The summed E-state index contributed by atoms with van der Waals surface area (Å²) in [6, 6.07) is 11.6. The summed E-state index contributed by atoms with van der Waals surface area (Å²) in [5, 5.41) is 3.63. The fraction of sp³-hybridized carbons (Fsp3) is 0.647. The molecule has 1 atom stereocenters. The van der Waals surface area contributed by atoms with Gasteiger partial charge in [-0.2, -0.15) is 0 Å². The standard InChI is InChI=1S/C17H28N2/c1-15(2)12-18-13-17-10-6-7-11-19(17)14-16-8-4-3-5-9-16/h3-5,8-9,15,17-18H,6-7,10-14H2,1-2H3. The van der Waals surface area contributed by atoms with Gasteiger partial charge in [-0.25, -0.2) is 0 Å². The third kappa shape index (κ3) is 4.96. The topological polar surface area (TPSA) is 15.3 Å². The van der Waals surface area contributed by atoms with Gasteiger partial charge in [0.1, 0.15) is 0 Å². The van der Waals surface area contributed by atoms with Gasteiger partial charge >= 0.3 is 0 Å². The Morgan fingerprint density at radius 3 is 2.74 bits per heavy atom. The summed E-state index contributed by atoms with van der Waals surface area (Å²) in [6.45, 7) is 9.18. The van der Waals surface area contributed by atoms with Crippen LogP contribution in [0.1, 0.15) is 38.7 Å². The number of hydrogen-bond acceptors (Lipinski definition) is 2. The van der Waals surface area contributed by atoms with Crippen LogP contribution in [0.2, 0.25) is 0 Å². The normalized spacial score (nSPS) is 20.9. The summed E-state index contributed by atoms with van der Waals surface area (Å²) in [7, 11) is 0. The Balaban J connectivity index is 1.85. The maximum Gasteiger partial charge on any atom is 0.0237 e. The van der Waals surface area contributed by atoms with Gasteiger partial charge in [-0.1, -0.05) is 50.6 Å². The fourth-order valence-electron chi connectivity index (χ4n) is 2.86. The van der Waals surface area contributed by atoms with E-state index in [1.807, 2.05) is 0 Å². The molecule has 1 aliphatic heterocycles. The van der Waals surface area contributed by atoms with E-state index in [0.29, 0.717) is 6.04 Å². The van der Waals surface area contributed by atoms with Crippen LogP contribution in [0.4, 0.5) is 0 Å². The second kappa shape index (κ2) is 7.66. The molecule has 1 heterocycles. The number of benzene rings is 1. The van der Waals surface area contributed by atoms with Gasteiger partial charge in [-0.15, -0.1) is 0 Å². The molecule has 1 aromatic rings. The van der Waals surface area contributed by atoms with Crippen molar-refractivity contribution in [2.75, 3.05) is 19.6 Å². The van der Waals surface area contributed by atoms with Crippen molar-refractivity contribution in [3.8, 4) is 0 Å². The van der Waals surface area contributed by atoms with Crippen molar-refractivity contribution in [2.24, 2.45) is 5.92 Å². The first-order valence-corrected chi connectivity index (χ1v) is 7.74. The summed E-state index contributed by atoms with van der Waals surface area (Å²) in [5.41, 5.74) is 1.44. The molecule has 0 aliphatic carbocycles. The monoisotopic (exact) mass is 260 g/mol. The highest BCUT2D eigenvalue weighted by molar-refractivity contribution is 5.14. The van der Waals surface area contributed by atoms with Crippen LogP contribution in [0.3, 0.4) is 0 Å². The van der Waals surface area contributed by atoms with Crippen LogP contribution < -0.4 is 5.32 Å². The lowest BCUT2D eigenvalue weighted by Crippen LogP contribution is -2.45. The minimum atomic E-state index is 0.715. The molecule has 2 rings (SSSR count). The number of nitrogens with one attached hydrogen (secondary N) is 1. The van der Waals surface area contributed by atoms with Crippen LogP contribution >= 0.6 is 0 Å². The van der Waals surface area contributed by atoms with E-state index in [4.69, 9.17) is 0 Å². The number of rotatable bonds is 6. The molecule has 0 bridgehead atoms. The van der Waals surface area contributed by atoms with Crippen LogP contribution in [0.25, 0.3) is 0 Å². The van der Waals surface area contributed by atoms with Gasteiger partial charge in [0.05, 0.1) is 0 Å². The largest absolute Gasteiger partial charge is 0.315 e. The molecule has 0 saturated carbocycles. The van der Waals surface area contributed by atoms with Gasteiger partial charge in [0.15, 0.2) is 0 Å². The third-order valence-corrected chi connectivity index (χ3v) is 3.91. The van der Waals surface area contributed by atoms with Crippen molar-refractivity contribution in [2.45, 2.75) is 45.7 Å². The Morgan fingerprint density at radius 1 is 1.21 bits per heavy atom. The van der Waals surface area contributed by atoms with Gasteiger partial charge < -0.3 is 5.32 Å². The van der Waals surface area contributed by atoms with E-state index in [1.54, 1.807) is 0 Å². The number of likely N-dealkylation sites (tertiary alicyclic amines) is 1. The van der Waals surface area contributed by atoms with Crippen LogP contribution in [-0.4, -0.2) is 30.6 Å². The van der Waals surface area contributed by atoms with Crippen LogP contribution in [-0.2, 0) is 6.54 Å². The molecule has 0 radical (unpaired) electrons. The fourth-order valence-corrected chi connectivity index (χ4v) is 2.86. The van der Waals surface area contributed by atoms with Crippen LogP contribution in [0.15, 0.2) is 30.3 Å². The van der Waals surface area contributed by atoms with Crippen molar-refractivity contribution >= 4 is 0 Å². The molecule has 2 heteroatoms. The molecule has 106 valence electrons. The summed E-state index contributed by atoms with van der Waals surface area (Å²) in [4.78, 5) is 2.66. The van der Waals surface area contributed by atoms with E-state index >= 15 is 0 Å². The molecule has 1 aliphatic rings. The second-order valence-corrected chi connectivity index (χ2v) is 6.16. The predicted octanol–water partition coefficient (Wildman–Crippen LogP) is 3.29. The van der Waals surface area contributed by atoms with Crippen molar-refractivity contribution in [3.63, 3.8) is 0 Å². The van der Waals surface area contributed by atoms with Crippen LogP contribution in [0.5, 0.6) is 0 Å². The summed E-state index contributed by atoms with van der Waals surface area (Å²) >= 11 is 0. The van der Waals surface area contributed by atoms with Gasteiger partial charge in [0.25, 0.3) is 0 Å². The Hall–Kier alpha value is -0.860. The molecule has 1 aromatic carbocycles. The first kappa shape index (κ1) is 14.5. The van der Waals surface area contributed by atoms with E-state index in [0.717, 1.165) is 25.6 Å². The lowest BCUT2D eigenvalue weighted by molar-refractivity contribution is 0.137. The van der Waals surface area contributed by atoms with Gasteiger partial charge in [0, 0.05) is 19.1 Å². The van der Waals surface area contributed by atoms with Gasteiger partial charge in [0.2, 0.25) is 0 Å². The molecule has 1 saturated heterocycles. The first-order chi connectivity index (χ1) is 9.25. The van der Waals surface area contributed by atoms with E-state index < -0.39 is 0 Å². The first-order valence-electron chi connectivity index (χ1n) is 7.74. The quantitative estimate of drug-likeness (QED) is 0.844. The highest BCUT2D eigenvalue weighted by Crippen LogP contribution is 2.19. The molecule has 0 aromatic heterocycles. The van der Waals surface area contributed by atoms with Crippen molar-refractivity contribution in [3.05, 3.63) is 35.9 Å². The summed E-state index contributed by atoms with van der Waals surface area (Å²) < 4.78 is 0. The maximum atomic E-state index is 3.63. The van der Waals surface area contributed by atoms with Crippen molar-refractivity contribution in [1.29, 1.82) is 0 Å². The highest BCUT2D eigenvalue weighted by atomic mass is 15.2. The lowest BCUT2D eigenvalue weighted by Gasteiger charge is -2.36. The van der Waals surface area contributed by atoms with E-state index in [2.05, 4.69) is 54.4 Å². The van der Waals surface area contributed by atoms with E-state index in [-0.39, 0.29) is 0 Å². The van der Waals surface area contributed by atoms with Crippen molar-refractivity contribution < 1.29 is 0 Å².